The minimum atomic E-state index is 0. The van der Waals surface area contributed by atoms with Gasteiger partial charge in [-0.1, -0.05) is 0 Å². The standard InChI is InChI=1S/2C4H8N2.3C4H11NO.2C2H6N.2Ti/c2*1-5-3-4-6-2;3*1-5(2)3-4-6;2*1-3-2;;/h2*3-4H,1-2H3;3*6H,3-4H2,1-2H3;2*1-2H3;;/q2*-2;;;;2*-1;+2;+4. The molecule has 38 heavy (non-hydrogen) atoms. The first-order valence-electron chi connectivity index (χ1n) is 11.4. The minimum absolute atomic E-state index is 0. The molecule has 0 saturated carbocycles. The van der Waals surface area contributed by atoms with Crippen LogP contribution in [0.1, 0.15) is 0 Å². The van der Waals surface area contributed by atoms with Crippen molar-refractivity contribution in [1.82, 2.24) is 14.7 Å². The van der Waals surface area contributed by atoms with Crippen molar-refractivity contribution >= 4 is 0 Å². The first-order valence-corrected chi connectivity index (χ1v) is 11.4. The molecular weight excluding hydrogens is 558 g/mol. The average molecular weight is 620 g/mol. The molecule has 0 aromatic carbocycles. The van der Waals surface area contributed by atoms with Crippen molar-refractivity contribution in [3.63, 3.8) is 0 Å². The summed E-state index contributed by atoms with van der Waals surface area (Å²) in [4.78, 5) is 5.79. The number of aliphatic hydroxyl groups excluding tert-OH is 3. The molecule has 0 rings (SSSR count). The SMILES string of the molecule is CN(C)CCO.CN(C)CCO.CN(C)CCO.C[N-]C.C[N-]C.C[N-]C=C[N-]C.C[N-]C=C[N-]C.[Ti+2].[Ti+4]. The van der Waals surface area contributed by atoms with Gasteiger partial charge in [0, 0.05) is 19.6 Å². The number of hydrogen-bond donors (Lipinski definition) is 3. The van der Waals surface area contributed by atoms with Crippen LogP contribution in [0, 0.1) is 0 Å². The van der Waals surface area contributed by atoms with Crippen LogP contribution in [0.4, 0.5) is 0 Å². The molecular formula is C24H61N9O3Ti2. The van der Waals surface area contributed by atoms with Gasteiger partial charge >= 0.3 is 43.4 Å². The van der Waals surface area contributed by atoms with Crippen LogP contribution in [-0.4, -0.2) is 168 Å². The van der Waals surface area contributed by atoms with Gasteiger partial charge in [-0.2, -0.15) is 28.2 Å². The van der Waals surface area contributed by atoms with E-state index in [9.17, 15) is 0 Å². The molecule has 0 amide bonds. The molecule has 0 aromatic rings. The maximum Gasteiger partial charge on any atom is 4.00 e. The number of hydrogen-bond acceptors (Lipinski definition) is 6. The molecule has 0 heterocycles. The van der Waals surface area contributed by atoms with Crippen molar-refractivity contribution < 1.29 is 58.8 Å². The maximum atomic E-state index is 8.20. The van der Waals surface area contributed by atoms with E-state index in [-0.39, 0.29) is 63.3 Å². The van der Waals surface area contributed by atoms with Crippen LogP contribution in [0.5, 0.6) is 0 Å². The fourth-order valence-corrected chi connectivity index (χ4v) is 0.867. The Labute approximate surface area is 267 Å². The van der Waals surface area contributed by atoms with Crippen LogP contribution in [0.15, 0.2) is 24.8 Å². The fraction of sp³-hybridized carbons (Fsp3) is 0.833. The molecule has 0 aliphatic rings. The maximum absolute atomic E-state index is 8.20. The molecule has 0 spiro atoms. The van der Waals surface area contributed by atoms with Crippen LogP contribution in [0.3, 0.4) is 0 Å². The van der Waals surface area contributed by atoms with Crippen molar-refractivity contribution in [3.05, 3.63) is 56.7 Å². The van der Waals surface area contributed by atoms with Crippen LogP contribution < -0.4 is 0 Å². The molecule has 3 N–H and O–H groups in total. The van der Waals surface area contributed by atoms with E-state index in [4.69, 9.17) is 15.3 Å². The summed E-state index contributed by atoms with van der Waals surface area (Å²) < 4.78 is 0. The second-order valence-corrected chi connectivity index (χ2v) is 7.10. The Kier molecular flexibility index (Phi) is 125. The van der Waals surface area contributed by atoms with Gasteiger partial charge in [-0.25, -0.2) is 24.8 Å². The molecule has 0 bridgehead atoms. The van der Waals surface area contributed by atoms with Crippen molar-refractivity contribution in [2.75, 3.05) is 138 Å². The Morgan fingerprint density at radius 1 is 0.447 bits per heavy atom. The van der Waals surface area contributed by atoms with Crippen molar-refractivity contribution in [3.8, 4) is 0 Å². The average Bonchev–Trinajstić information content (AvgIpc) is 2.79. The number of rotatable bonds is 10. The van der Waals surface area contributed by atoms with Gasteiger partial charge in [0.05, 0.1) is 19.8 Å². The zero-order chi connectivity index (χ0) is 30.0. The van der Waals surface area contributed by atoms with E-state index in [0.717, 1.165) is 19.6 Å². The molecule has 0 aromatic heterocycles. The minimum Gasteiger partial charge on any atom is -0.695 e. The molecule has 0 fully saturated rings. The summed E-state index contributed by atoms with van der Waals surface area (Å²) in [5, 5.41) is 46.2. The quantitative estimate of drug-likeness (QED) is 0.320. The summed E-state index contributed by atoms with van der Waals surface area (Å²) in [5.41, 5.74) is 0. The van der Waals surface area contributed by atoms with Gasteiger partial charge in [0.25, 0.3) is 0 Å². The molecule has 0 aliphatic carbocycles. The molecule has 0 radical (unpaired) electrons. The fourth-order valence-electron chi connectivity index (χ4n) is 0.867. The largest absolute Gasteiger partial charge is 4.00 e. The predicted molar refractivity (Wildman–Crippen MR) is 163 cm³/mol. The predicted octanol–water partition coefficient (Wildman–Crippen LogP) is 2.78. The van der Waals surface area contributed by atoms with Crippen molar-refractivity contribution in [2.24, 2.45) is 0 Å². The summed E-state index contributed by atoms with van der Waals surface area (Å²) in [6.07, 6.45) is 6.56. The molecule has 14 heteroatoms. The van der Waals surface area contributed by atoms with Gasteiger partial charge in [0.15, 0.2) is 0 Å². The Morgan fingerprint density at radius 2 is 0.579 bits per heavy atom. The van der Waals surface area contributed by atoms with Gasteiger partial charge in [0.2, 0.25) is 0 Å². The van der Waals surface area contributed by atoms with Gasteiger partial charge in [0.1, 0.15) is 0 Å². The number of likely N-dealkylation sites (N-methyl/N-ethyl adjacent to an activating group) is 3. The third-order valence-corrected chi connectivity index (χ3v) is 2.37. The van der Waals surface area contributed by atoms with E-state index in [2.05, 4.69) is 31.9 Å². The third-order valence-electron chi connectivity index (χ3n) is 2.37. The Balaban J connectivity index is -0.0000000371. The third kappa shape index (κ3) is 198. The first-order chi connectivity index (χ1) is 17.0. The summed E-state index contributed by atoms with van der Waals surface area (Å²) >= 11 is 0. The van der Waals surface area contributed by atoms with Gasteiger partial charge in [-0.05, 0) is 42.3 Å². The van der Waals surface area contributed by atoms with E-state index >= 15 is 0 Å². The van der Waals surface area contributed by atoms with Crippen molar-refractivity contribution in [2.45, 2.75) is 0 Å². The monoisotopic (exact) mass is 619 g/mol. The van der Waals surface area contributed by atoms with E-state index in [1.165, 1.54) is 0 Å². The van der Waals surface area contributed by atoms with E-state index in [1.807, 2.05) is 57.0 Å². The normalized spacial score (nSPS) is 8.53. The summed E-state index contributed by atoms with van der Waals surface area (Å²) in [5.74, 6) is 0. The molecule has 12 nitrogen and oxygen atoms in total. The molecule has 0 atom stereocenters. The second kappa shape index (κ2) is 76.7. The zero-order valence-electron chi connectivity index (χ0n) is 26.9. The molecule has 0 unspecified atom stereocenters. The van der Waals surface area contributed by atoms with Crippen LogP contribution in [-0.2, 0) is 43.4 Å². The van der Waals surface area contributed by atoms with Crippen LogP contribution >= 0.6 is 0 Å². The Hall–Kier alpha value is -0.211. The zero-order valence-corrected chi connectivity index (χ0v) is 30.0. The number of aliphatic hydroxyl groups is 3. The molecule has 228 valence electrons. The number of nitrogens with zero attached hydrogens (tertiary/aromatic N) is 9. The smallest absolute Gasteiger partial charge is 0.695 e. The van der Waals surface area contributed by atoms with Crippen LogP contribution in [0.25, 0.3) is 31.9 Å². The van der Waals surface area contributed by atoms with Gasteiger partial charge < -0.3 is 61.9 Å². The van der Waals surface area contributed by atoms with E-state index in [0.29, 0.717) is 0 Å². The second-order valence-electron chi connectivity index (χ2n) is 7.10. The molecule has 0 aliphatic heterocycles. The topological polar surface area (TPSA) is 155 Å². The molecule has 0 saturated heterocycles. The van der Waals surface area contributed by atoms with Gasteiger partial charge in [-0.3, -0.25) is 0 Å². The summed E-state index contributed by atoms with van der Waals surface area (Å²) in [7, 11) is 25.4. The first kappa shape index (κ1) is 61.7. The van der Waals surface area contributed by atoms with E-state index < -0.39 is 0 Å². The summed E-state index contributed by atoms with van der Waals surface area (Å²) in [6, 6.07) is 0. The van der Waals surface area contributed by atoms with Gasteiger partial charge in [-0.15, -0.1) is 28.2 Å². The van der Waals surface area contributed by atoms with E-state index in [1.54, 1.807) is 81.2 Å². The van der Waals surface area contributed by atoms with Crippen LogP contribution in [0.2, 0.25) is 0 Å². The Bertz CT molecular complexity index is 295. The summed E-state index contributed by atoms with van der Waals surface area (Å²) in [6.45, 7) is 3.06. The van der Waals surface area contributed by atoms with Crippen molar-refractivity contribution in [1.29, 1.82) is 0 Å². The Morgan fingerprint density at radius 3 is 0.605 bits per heavy atom.